The highest BCUT2D eigenvalue weighted by Gasteiger charge is 2.29. The third kappa shape index (κ3) is 3.77. The standard InChI is InChI=1S/C13H17N3O6S/c1-14-13(17)9-22-12-5-4-10(8-11(12)16(18)19)23(20,21)15-6-2-3-7-15/h4-5,8H,2-3,6-7,9H2,1H3,(H,14,17). The third-order valence-corrected chi connectivity index (χ3v) is 5.36. The van der Waals surface area contributed by atoms with Crippen molar-refractivity contribution in [3.05, 3.63) is 28.3 Å². The van der Waals surface area contributed by atoms with Crippen LogP contribution in [0.3, 0.4) is 0 Å². The second-order valence-corrected chi connectivity index (χ2v) is 6.90. The largest absolute Gasteiger partial charge is 0.477 e. The minimum absolute atomic E-state index is 0.154. The lowest BCUT2D eigenvalue weighted by Gasteiger charge is -2.15. The van der Waals surface area contributed by atoms with E-state index in [4.69, 9.17) is 4.74 Å². The van der Waals surface area contributed by atoms with Crippen molar-refractivity contribution in [1.29, 1.82) is 0 Å². The second kappa shape index (κ2) is 6.92. The molecule has 126 valence electrons. The van der Waals surface area contributed by atoms with E-state index in [1.165, 1.54) is 23.5 Å². The summed E-state index contributed by atoms with van der Waals surface area (Å²) in [6.07, 6.45) is 1.54. The van der Waals surface area contributed by atoms with Crippen molar-refractivity contribution in [2.45, 2.75) is 17.7 Å². The average Bonchev–Trinajstić information content (AvgIpc) is 3.07. The van der Waals surface area contributed by atoms with Gasteiger partial charge in [0.15, 0.2) is 12.4 Å². The third-order valence-electron chi connectivity index (χ3n) is 3.47. The molecule has 2 rings (SSSR count). The molecule has 23 heavy (non-hydrogen) atoms. The fraction of sp³-hybridized carbons (Fsp3) is 0.462. The Morgan fingerprint density at radius 2 is 2.04 bits per heavy atom. The minimum Gasteiger partial charge on any atom is -0.477 e. The number of hydrogen-bond acceptors (Lipinski definition) is 6. The van der Waals surface area contributed by atoms with E-state index in [1.807, 2.05) is 0 Å². The van der Waals surface area contributed by atoms with Crippen LogP contribution in [0.4, 0.5) is 5.69 Å². The summed E-state index contributed by atoms with van der Waals surface area (Å²) in [5.74, 6) is -0.605. The molecule has 1 aromatic carbocycles. The lowest BCUT2D eigenvalue weighted by atomic mass is 10.3. The van der Waals surface area contributed by atoms with Gasteiger partial charge in [-0.1, -0.05) is 0 Å². The number of rotatable bonds is 6. The van der Waals surface area contributed by atoms with Crippen molar-refractivity contribution in [3.8, 4) is 5.75 Å². The van der Waals surface area contributed by atoms with Gasteiger partial charge < -0.3 is 10.1 Å². The van der Waals surface area contributed by atoms with E-state index in [0.717, 1.165) is 18.9 Å². The fourth-order valence-corrected chi connectivity index (χ4v) is 3.75. The number of ether oxygens (including phenoxy) is 1. The molecule has 1 amide bonds. The highest BCUT2D eigenvalue weighted by molar-refractivity contribution is 7.89. The summed E-state index contributed by atoms with van der Waals surface area (Å²) < 4.78 is 31.2. The molecule has 0 spiro atoms. The first-order valence-corrected chi connectivity index (χ1v) is 8.42. The van der Waals surface area contributed by atoms with Crippen LogP contribution >= 0.6 is 0 Å². The molecule has 1 aliphatic rings. The molecular formula is C13H17N3O6S. The number of nitro benzene ring substituents is 1. The SMILES string of the molecule is CNC(=O)COc1ccc(S(=O)(=O)N2CCCC2)cc1[N+](=O)[O-]. The highest BCUT2D eigenvalue weighted by atomic mass is 32.2. The van der Waals surface area contributed by atoms with Crippen molar-refractivity contribution < 1.29 is 22.9 Å². The Hall–Kier alpha value is -2.20. The van der Waals surface area contributed by atoms with E-state index in [9.17, 15) is 23.3 Å². The zero-order chi connectivity index (χ0) is 17.0. The minimum atomic E-state index is -3.75. The summed E-state index contributed by atoms with van der Waals surface area (Å²) in [6.45, 7) is 0.422. The van der Waals surface area contributed by atoms with Crippen LogP contribution < -0.4 is 10.1 Å². The summed E-state index contributed by atoms with van der Waals surface area (Å²) >= 11 is 0. The van der Waals surface area contributed by atoms with E-state index in [1.54, 1.807) is 0 Å². The van der Waals surface area contributed by atoms with Crippen LogP contribution in [0, 0.1) is 10.1 Å². The maximum absolute atomic E-state index is 12.4. The number of nitrogens with one attached hydrogen (secondary N) is 1. The number of amides is 1. The molecule has 10 heteroatoms. The topological polar surface area (TPSA) is 119 Å². The van der Waals surface area contributed by atoms with Crippen LogP contribution in [-0.2, 0) is 14.8 Å². The Morgan fingerprint density at radius 3 is 2.61 bits per heavy atom. The van der Waals surface area contributed by atoms with Crippen molar-refractivity contribution in [2.75, 3.05) is 26.7 Å². The lowest BCUT2D eigenvalue weighted by molar-refractivity contribution is -0.386. The molecule has 0 radical (unpaired) electrons. The summed E-state index contributed by atoms with van der Waals surface area (Å²) in [5.41, 5.74) is -0.492. The van der Waals surface area contributed by atoms with E-state index >= 15 is 0 Å². The van der Waals surface area contributed by atoms with Gasteiger partial charge in [0.1, 0.15) is 0 Å². The Balaban J connectivity index is 2.32. The number of likely N-dealkylation sites (N-methyl/N-ethyl adjacent to an activating group) is 1. The lowest BCUT2D eigenvalue weighted by Crippen LogP contribution is -2.28. The van der Waals surface area contributed by atoms with Crippen LogP contribution in [-0.4, -0.2) is 50.3 Å². The first-order chi connectivity index (χ1) is 10.9. The molecule has 0 unspecified atom stereocenters. The predicted octanol–water partition coefficient (Wildman–Crippen LogP) is 0.504. The van der Waals surface area contributed by atoms with Crippen LogP contribution in [0.25, 0.3) is 0 Å². The quantitative estimate of drug-likeness (QED) is 0.593. The smallest absolute Gasteiger partial charge is 0.312 e. The van der Waals surface area contributed by atoms with Gasteiger partial charge in [-0.05, 0) is 25.0 Å². The first-order valence-electron chi connectivity index (χ1n) is 6.98. The molecule has 1 N–H and O–H groups in total. The normalized spacial score (nSPS) is 15.3. The number of carbonyl (C=O) groups excluding carboxylic acids is 1. The van der Waals surface area contributed by atoms with E-state index < -0.39 is 33.1 Å². The van der Waals surface area contributed by atoms with Crippen LogP contribution in [0.1, 0.15) is 12.8 Å². The Morgan fingerprint density at radius 1 is 1.39 bits per heavy atom. The molecule has 1 fully saturated rings. The van der Waals surface area contributed by atoms with Crippen LogP contribution in [0.2, 0.25) is 0 Å². The zero-order valence-corrected chi connectivity index (χ0v) is 13.3. The molecule has 0 bridgehead atoms. The van der Waals surface area contributed by atoms with Gasteiger partial charge in [-0.3, -0.25) is 14.9 Å². The van der Waals surface area contributed by atoms with Crippen LogP contribution in [0.15, 0.2) is 23.1 Å². The van der Waals surface area contributed by atoms with Gasteiger partial charge in [-0.2, -0.15) is 4.31 Å². The van der Waals surface area contributed by atoms with Gasteiger partial charge in [-0.15, -0.1) is 0 Å². The van der Waals surface area contributed by atoms with E-state index in [-0.39, 0.29) is 10.6 Å². The number of nitrogens with zero attached hydrogens (tertiary/aromatic N) is 2. The molecule has 1 aromatic rings. The Bertz CT molecular complexity index is 712. The Labute approximate surface area is 133 Å². The first kappa shape index (κ1) is 17.2. The molecule has 0 aliphatic carbocycles. The zero-order valence-electron chi connectivity index (χ0n) is 12.5. The fourth-order valence-electron chi connectivity index (χ4n) is 2.22. The maximum Gasteiger partial charge on any atom is 0.312 e. The van der Waals surface area contributed by atoms with Gasteiger partial charge in [0.25, 0.3) is 5.91 Å². The average molecular weight is 343 g/mol. The van der Waals surface area contributed by atoms with Crippen LogP contribution in [0.5, 0.6) is 5.75 Å². The molecule has 1 saturated heterocycles. The monoisotopic (exact) mass is 343 g/mol. The molecular weight excluding hydrogens is 326 g/mol. The predicted molar refractivity (Wildman–Crippen MR) is 80.7 cm³/mol. The molecule has 0 atom stereocenters. The maximum atomic E-state index is 12.4. The second-order valence-electron chi connectivity index (χ2n) is 4.96. The van der Waals surface area contributed by atoms with Crippen molar-refractivity contribution in [1.82, 2.24) is 9.62 Å². The van der Waals surface area contributed by atoms with Gasteiger partial charge in [0.2, 0.25) is 10.0 Å². The number of sulfonamides is 1. The number of benzene rings is 1. The molecule has 0 saturated carbocycles. The Kier molecular flexibility index (Phi) is 5.16. The summed E-state index contributed by atoms with van der Waals surface area (Å²) in [5, 5.41) is 13.5. The highest BCUT2D eigenvalue weighted by Crippen LogP contribution is 2.31. The van der Waals surface area contributed by atoms with Crippen molar-refractivity contribution >= 4 is 21.6 Å². The summed E-state index contributed by atoms with van der Waals surface area (Å²) in [4.78, 5) is 21.4. The number of hydrogen-bond donors (Lipinski definition) is 1. The van der Waals surface area contributed by atoms with Crippen molar-refractivity contribution in [2.24, 2.45) is 0 Å². The number of nitro groups is 1. The van der Waals surface area contributed by atoms with Gasteiger partial charge in [-0.25, -0.2) is 8.42 Å². The molecule has 9 nitrogen and oxygen atoms in total. The number of carbonyl (C=O) groups is 1. The van der Waals surface area contributed by atoms with E-state index in [2.05, 4.69) is 5.32 Å². The van der Waals surface area contributed by atoms with Gasteiger partial charge >= 0.3 is 5.69 Å². The van der Waals surface area contributed by atoms with Crippen molar-refractivity contribution in [3.63, 3.8) is 0 Å². The van der Waals surface area contributed by atoms with Gasteiger partial charge in [0, 0.05) is 26.2 Å². The van der Waals surface area contributed by atoms with E-state index in [0.29, 0.717) is 13.1 Å². The summed E-state index contributed by atoms with van der Waals surface area (Å²) in [6, 6.07) is 3.41. The molecule has 1 aliphatic heterocycles. The molecule has 0 aromatic heterocycles. The summed E-state index contributed by atoms with van der Waals surface area (Å²) in [7, 11) is -2.34. The molecule has 1 heterocycles. The van der Waals surface area contributed by atoms with Gasteiger partial charge in [0.05, 0.1) is 9.82 Å².